The van der Waals surface area contributed by atoms with Crippen LogP contribution in [0.4, 0.5) is 0 Å². The topological polar surface area (TPSA) is 202 Å². The minimum Gasteiger partial charge on any atom is -0.458 e. The van der Waals surface area contributed by atoms with Crippen molar-refractivity contribution in [3.05, 3.63) is 11.6 Å². The second kappa shape index (κ2) is 12.1. The number of ether oxygens (including phenoxy) is 5. The number of carbonyl (C=O) groups is 2. The zero-order chi connectivity index (χ0) is 33.5. The van der Waals surface area contributed by atoms with E-state index in [0.717, 1.165) is 18.3 Å². The van der Waals surface area contributed by atoms with Crippen LogP contribution in [0.15, 0.2) is 11.6 Å². The maximum Gasteiger partial charge on any atom is 0.331 e. The van der Waals surface area contributed by atoms with Gasteiger partial charge in [0.15, 0.2) is 12.6 Å². The fourth-order valence-electron chi connectivity index (χ4n) is 11.0. The highest BCUT2D eigenvalue weighted by Crippen LogP contribution is 2.70. The van der Waals surface area contributed by atoms with E-state index in [1.165, 1.54) is 0 Å². The quantitative estimate of drug-likeness (QED) is 0.128. The summed E-state index contributed by atoms with van der Waals surface area (Å²) in [4.78, 5) is 25.0. The summed E-state index contributed by atoms with van der Waals surface area (Å²) in [6, 6.07) is 0. The normalized spacial score (nSPS) is 54.6. The van der Waals surface area contributed by atoms with Gasteiger partial charge in [-0.15, -0.1) is 0 Å². The van der Waals surface area contributed by atoms with E-state index in [-0.39, 0.29) is 49.8 Å². The lowest BCUT2D eigenvalue weighted by Crippen LogP contribution is -2.69. The zero-order valence-corrected chi connectivity index (χ0v) is 27.1. The van der Waals surface area contributed by atoms with Gasteiger partial charge in [-0.05, 0) is 81.6 Å². The van der Waals surface area contributed by atoms with Gasteiger partial charge in [0, 0.05) is 24.3 Å². The summed E-state index contributed by atoms with van der Waals surface area (Å²) in [5.74, 6) is -0.635. The van der Waals surface area contributed by atoms with Crippen molar-refractivity contribution in [2.45, 2.75) is 145 Å². The van der Waals surface area contributed by atoms with E-state index in [2.05, 4.69) is 6.92 Å². The number of rotatable bonds is 6. The van der Waals surface area contributed by atoms with Crippen LogP contribution in [0.1, 0.15) is 78.1 Å². The van der Waals surface area contributed by atoms with Crippen LogP contribution < -0.4 is 0 Å². The van der Waals surface area contributed by atoms with Crippen LogP contribution in [0.2, 0.25) is 0 Å². The van der Waals surface area contributed by atoms with Crippen molar-refractivity contribution in [3.8, 4) is 0 Å². The molecule has 2 saturated heterocycles. The molecule has 3 aliphatic heterocycles. The number of cyclic esters (lactones) is 1. The molecule has 264 valence electrons. The minimum atomic E-state index is -1.50. The van der Waals surface area contributed by atoms with Gasteiger partial charge in [-0.25, -0.2) is 4.79 Å². The number of aliphatic hydroxyl groups excluding tert-OH is 4. The lowest BCUT2D eigenvalue weighted by Gasteiger charge is -2.65. The van der Waals surface area contributed by atoms with Crippen LogP contribution in [0.5, 0.6) is 0 Å². The van der Waals surface area contributed by atoms with Crippen LogP contribution in [-0.4, -0.2) is 123 Å². The fraction of sp³-hybridized carbons (Fsp3) is 0.882. The summed E-state index contributed by atoms with van der Waals surface area (Å²) in [5.41, 5.74) is -2.86. The predicted molar refractivity (Wildman–Crippen MR) is 160 cm³/mol. The number of aldehydes is 1. The molecule has 0 amide bonds. The Balaban J connectivity index is 1.01. The Labute approximate surface area is 274 Å². The Kier molecular flexibility index (Phi) is 8.72. The fourth-order valence-corrected chi connectivity index (χ4v) is 11.0. The summed E-state index contributed by atoms with van der Waals surface area (Å²) in [6.45, 7) is 3.86. The van der Waals surface area contributed by atoms with Gasteiger partial charge in [0.1, 0.15) is 37.3 Å². The van der Waals surface area contributed by atoms with Crippen LogP contribution in [0.3, 0.4) is 0 Å². The molecule has 0 aromatic rings. The van der Waals surface area contributed by atoms with Gasteiger partial charge < -0.3 is 59.1 Å². The average Bonchev–Trinajstić information content (AvgIpc) is 3.57. The molecule has 0 unspecified atom stereocenters. The molecule has 13 nitrogen and oxygen atoms in total. The molecule has 0 radical (unpaired) electrons. The molecule has 4 aliphatic carbocycles. The van der Waals surface area contributed by atoms with Crippen molar-refractivity contribution in [1.29, 1.82) is 0 Å². The number of fused-ring (bicyclic) bond motifs is 5. The standard InChI is InChI=1S/C34H50O13/c1-17-29(47-30-28(40)27(39)24(37)15-44-30)23(36)12-26(45-17)46-19-3-8-32(16-35)21-4-7-31(2)20(18-11-25(38)43-14-18)6-10-34(31,42)22(21)5-9-33(32,41)13-19/h11,16-17,19-24,26-30,36-37,39-42H,3-10,12-15H2,1-2H3/t17-,19-,20+,21-,22+,23-,24+,26-,27-,28+,29-,30-,31+,32-,33-,34-/m0/s1. The second-order valence-corrected chi connectivity index (χ2v) is 15.7. The Hall–Kier alpha value is -1.52. The highest BCUT2D eigenvalue weighted by atomic mass is 16.7. The lowest BCUT2D eigenvalue weighted by atomic mass is 9.41. The summed E-state index contributed by atoms with van der Waals surface area (Å²) in [7, 11) is 0. The Bertz CT molecular complexity index is 1250. The molecule has 7 aliphatic rings. The van der Waals surface area contributed by atoms with Crippen molar-refractivity contribution in [1.82, 2.24) is 0 Å². The predicted octanol–water partition coefficient (Wildman–Crippen LogP) is 0.243. The first-order chi connectivity index (χ1) is 22.2. The first-order valence-electron chi connectivity index (χ1n) is 17.3. The number of aliphatic hydroxyl groups is 6. The molecule has 0 aromatic carbocycles. The number of hydrogen-bond acceptors (Lipinski definition) is 13. The molecule has 6 fully saturated rings. The van der Waals surface area contributed by atoms with Gasteiger partial charge in [0.05, 0.1) is 41.5 Å². The third kappa shape index (κ3) is 5.18. The van der Waals surface area contributed by atoms with E-state index in [0.29, 0.717) is 44.9 Å². The maximum absolute atomic E-state index is 13.1. The number of esters is 1. The third-order valence-electron chi connectivity index (χ3n) is 13.6. The first-order valence-corrected chi connectivity index (χ1v) is 17.3. The average molecular weight is 667 g/mol. The maximum atomic E-state index is 13.1. The Morgan fingerprint density at radius 1 is 0.936 bits per heavy atom. The van der Waals surface area contributed by atoms with E-state index in [1.807, 2.05) is 0 Å². The van der Waals surface area contributed by atoms with Crippen molar-refractivity contribution < 1.29 is 63.9 Å². The smallest absolute Gasteiger partial charge is 0.331 e. The molecule has 47 heavy (non-hydrogen) atoms. The van der Waals surface area contributed by atoms with E-state index < -0.39 is 77.3 Å². The largest absolute Gasteiger partial charge is 0.458 e. The van der Waals surface area contributed by atoms with E-state index in [9.17, 15) is 40.2 Å². The molecule has 0 bridgehead atoms. The van der Waals surface area contributed by atoms with Gasteiger partial charge in [-0.3, -0.25) is 0 Å². The summed E-state index contributed by atoms with van der Waals surface area (Å²) in [5, 5.41) is 65.7. The third-order valence-corrected chi connectivity index (χ3v) is 13.6. The van der Waals surface area contributed by atoms with Crippen LogP contribution >= 0.6 is 0 Å². The second-order valence-electron chi connectivity index (χ2n) is 15.7. The molecule has 0 spiro atoms. The molecule has 4 saturated carbocycles. The van der Waals surface area contributed by atoms with E-state index in [1.54, 1.807) is 13.0 Å². The van der Waals surface area contributed by atoms with Crippen molar-refractivity contribution >= 4 is 12.3 Å². The number of carbonyl (C=O) groups excluding carboxylic acids is 2. The summed E-state index contributed by atoms with van der Waals surface area (Å²) >= 11 is 0. The highest BCUT2D eigenvalue weighted by Gasteiger charge is 2.71. The molecule has 13 heteroatoms. The SMILES string of the molecule is C[C@@H]1O[C@@H](O[C@H]2CC[C@]3(C=O)[C@H]4CC[C@]5(C)[C@@H](C6=CC(=O)OC6)CC[C@]5(O)[C@@H]4CC[C@]3(O)C2)C[C@H](O)[C@H]1O[C@@H]1OC[C@@H](O)[C@H](O)[C@H]1O. The molecular weight excluding hydrogens is 616 g/mol. The lowest BCUT2D eigenvalue weighted by molar-refractivity contribution is -0.331. The summed E-state index contributed by atoms with van der Waals surface area (Å²) in [6.07, 6.45) is -1.89. The van der Waals surface area contributed by atoms with Crippen LogP contribution in [0.25, 0.3) is 0 Å². The van der Waals surface area contributed by atoms with Crippen LogP contribution in [0, 0.1) is 28.6 Å². The molecule has 6 N–H and O–H groups in total. The van der Waals surface area contributed by atoms with Crippen LogP contribution in [-0.2, 0) is 33.3 Å². The summed E-state index contributed by atoms with van der Waals surface area (Å²) < 4.78 is 28.7. The van der Waals surface area contributed by atoms with Crippen molar-refractivity contribution in [2.75, 3.05) is 13.2 Å². The van der Waals surface area contributed by atoms with Crippen molar-refractivity contribution in [3.63, 3.8) is 0 Å². The number of hydrogen-bond donors (Lipinski definition) is 6. The van der Waals surface area contributed by atoms with E-state index >= 15 is 0 Å². The molecule has 3 heterocycles. The van der Waals surface area contributed by atoms with E-state index in [4.69, 9.17) is 23.7 Å². The monoisotopic (exact) mass is 666 g/mol. The highest BCUT2D eigenvalue weighted by molar-refractivity contribution is 5.85. The molecule has 0 aromatic heterocycles. The van der Waals surface area contributed by atoms with Gasteiger partial charge in [-0.1, -0.05) is 6.92 Å². The molecule has 16 atom stereocenters. The van der Waals surface area contributed by atoms with Crippen molar-refractivity contribution in [2.24, 2.45) is 28.6 Å². The van der Waals surface area contributed by atoms with Gasteiger partial charge in [0.2, 0.25) is 0 Å². The molecular formula is C34H50O13. The minimum absolute atomic E-state index is 0.0370. The Morgan fingerprint density at radius 3 is 2.40 bits per heavy atom. The Morgan fingerprint density at radius 2 is 1.70 bits per heavy atom. The van der Waals surface area contributed by atoms with Gasteiger partial charge in [-0.2, -0.15) is 0 Å². The zero-order valence-electron chi connectivity index (χ0n) is 27.1. The van der Waals surface area contributed by atoms with Gasteiger partial charge >= 0.3 is 5.97 Å². The van der Waals surface area contributed by atoms with Gasteiger partial charge in [0.25, 0.3) is 0 Å². The molecule has 7 rings (SSSR count). The first kappa shape index (κ1) is 34.0.